The highest BCUT2D eigenvalue weighted by Gasteiger charge is 2.55. The summed E-state index contributed by atoms with van der Waals surface area (Å²) in [7, 11) is 0. The molecule has 3 atom stereocenters. The molecule has 1 aliphatic carbocycles. The molecule has 1 saturated carbocycles. The molecule has 0 spiro atoms. The molecule has 6 rings (SSSR count). The molecule has 1 saturated heterocycles. The van der Waals surface area contributed by atoms with Crippen LogP contribution in [0.4, 0.5) is 5.82 Å². The molecule has 9 nitrogen and oxygen atoms in total. The minimum atomic E-state index is -0.182. The number of carbonyl (C=O) groups excluding carboxylic acids is 2. The van der Waals surface area contributed by atoms with Crippen LogP contribution in [0.2, 0.25) is 0 Å². The first kappa shape index (κ1) is 26.0. The SMILES string of the molecule is Cc1cc2c(N)nccc2c(C)c1CNC(=O)c1cnn(Cc2ccc(CC(=O)N3C[C@@H]4C(CO)[C@@H]4C3)cc2)c1. The van der Waals surface area contributed by atoms with Gasteiger partial charge in [-0.25, -0.2) is 4.98 Å². The van der Waals surface area contributed by atoms with Gasteiger partial charge in [-0.15, -0.1) is 0 Å². The number of aryl methyl sites for hydroxylation is 2. The van der Waals surface area contributed by atoms with Crippen molar-refractivity contribution in [1.29, 1.82) is 0 Å². The Morgan fingerprint density at radius 3 is 2.52 bits per heavy atom. The minimum absolute atomic E-state index is 0.148. The zero-order valence-electron chi connectivity index (χ0n) is 22.8. The van der Waals surface area contributed by atoms with Crippen molar-refractivity contribution in [2.24, 2.45) is 17.8 Å². The van der Waals surface area contributed by atoms with Crippen LogP contribution in [0.15, 0.2) is 55.0 Å². The van der Waals surface area contributed by atoms with Gasteiger partial charge in [0, 0.05) is 44.0 Å². The summed E-state index contributed by atoms with van der Waals surface area (Å²) in [6, 6.07) is 11.9. The molecule has 206 valence electrons. The third-order valence-corrected chi connectivity index (χ3v) is 8.69. The van der Waals surface area contributed by atoms with Gasteiger partial charge in [0.2, 0.25) is 5.91 Å². The monoisotopic (exact) mass is 538 g/mol. The molecule has 2 aliphatic rings. The van der Waals surface area contributed by atoms with E-state index in [4.69, 9.17) is 5.73 Å². The molecule has 0 bridgehead atoms. The Labute approximate surface area is 233 Å². The number of nitrogens with zero attached hydrogens (tertiary/aromatic N) is 4. The number of aromatic nitrogens is 3. The van der Waals surface area contributed by atoms with Crippen molar-refractivity contribution < 1.29 is 14.7 Å². The number of aliphatic hydroxyl groups is 1. The molecular formula is C31H34N6O3. The average Bonchev–Trinajstić information content (AvgIpc) is 3.24. The number of amides is 2. The first-order valence-electron chi connectivity index (χ1n) is 13.7. The topological polar surface area (TPSA) is 126 Å². The second-order valence-corrected chi connectivity index (χ2v) is 11.2. The number of aliphatic hydroxyl groups excluding tert-OH is 1. The van der Waals surface area contributed by atoms with Crippen molar-refractivity contribution in [1.82, 2.24) is 25.0 Å². The Morgan fingerprint density at radius 2 is 1.80 bits per heavy atom. The van der Waals surface area contributed by atoms with Crippen molar-refractivity contribution in [2.45, 2.75) is 33.4 Å². The van der Waals surface area contributed by atoms with Gasteiger partial charge >= 0.3 is 0 Å². The van der Waals surface area contributed by atoms with Crippen molar-refractivity contribution in [2.75, 3.05) is 25.4 Å². The van der Waals surface area contributed by atoms with Gasteiger partial charge < -0.3 is 21.1 Å². The van der Waals surface area contributed by atoms with E-state index >= 15 is 0 Å². The lowest BCUT2D eigenvalue weighted by molar-refractivity contribution is -0.130. The maximum atomic E-state index is 12.9. The molecule has 2 aromatic heterocycles. The van der Waals surface area contributed by atoms with Gasteiger partial charge in [-0.1, -0.05) is 24.3 Å². The molecular weight excluding hydrogens is 504 g/mol. The Balaban J connectivity index is 1.03. The van der Waals surface area contributed by atoms with Crippen molar-refractivity contribution in [3.63, 3.8) is 0 Å². The summed E-state index contributed by atoms with van der Waals surface area (Å²) in [6.45, 7) is 6.77. The van der Waals surface area contributed by atoms with E-state index in [1.807, 2.05) is 55.1 Å². The van der Waals surface area contributed by atoms with E-state index in [-0.39, 0.29) is 18.4 Å². The summed E-state index contributed by atoms with van der Waals surface area (Å²) in [5.74, 6) is 1.84. The first-order chi connectivity index (χ1) is 19.3. The fourth-order valence-corrected chi connectivity index (χ4v) is 6.20. The lowest BCUT2D eigenvalue weighted by Crippen LogP contribution is -2.33. The minimum Gasteiger partial charge on any atom is -0.396 e. The van der Waals surface area contributed by atoms with E-state index < -0.39 is 0 Å². The molecule has 4 aromatic rings. The number of rotatable bonds is 8. The van der Waals surface area contributed by atoms with E-state index in [0.717, 1.165) is 51.7 Å². The molecule has 1 aliphatic heterocycles. The Morgan fingerprint density at radius 1 is 1.07 bits per heavy atom. The number of nitrogens with one attached hydrogen (secondary N) is 1. The zero-order chi connectivity index (χ0) is 28.0. The van der Waals surface area contributed by atoms with Gasteiger partial charge in [0.25, 0.3) is 5.91 Å². The summed E-state index contributed by atoms with van der Waals surface area (Å²) in [5.41, 5.74) is 11.8. The van der Waals surface area contributed by atoms with E-state index in [1.54, 1.807) is 23.3 Å². The van der Waals surface area contributed by atoms with Crippen LogP contribution in [-0.2, 0) is 24.3 Å². The number of benzene rings is 2. The van der Waals surface area contributed by atoms with Crippen LogP contribution in [-0.4, -0.2) is 56.3 Å². The van der Waals surface area contributed by atoms with Crippen LogP contribution < -0.4 is 11.1 Å². The van der Waals surface area contributed by atoms with Gasteiger partial charge in [0.1, 0.15) is 5.82 Å². The predicted octanol–water partition coefficient (Wildman–Crippen LogP) is 2.85. The smallest absolute Gasteiger partial charge is 0.254 e. The summed E-state index contributed by atoms with van der Waals surface area (Å²) in [6.07, 6.45) is 5.42. The van der Waals surface area contributed by atoms with Crippen LogP contribution >= 0.6 is 0 Å². The number of pyridine rings is 1. The lowest BCUT2D eigenvalue weighted by Gasteiger charge is -2.19. The molecule has 40 heavy (non-hydrogen) atoms. The quantitative estimate of drug-likeness (QED) is 0.317. The fourth-order valence-electron chi connectivity index (χ4n) is 6.20. The molecule has 2 amide bonds. The van der Waals surface area contributed by atoms with Gasteiger partial charge in [-0.2, -0.15) is 5.10 Å². The van der Waals surface area contributed by atoms with Gasteiger partial charge in [0.05, 0.1) is 24.7 Å². The molecule has 2 fully saturated rings. The highest BCUT2D eigenvalue weighted by molar-refractivity contribution is 5.95. The number of nitrogens with two attached hydrogens (primary N) is 1. The number of piperidine rings is 1. The van der Waals surface area contributed by atoms with E-state index in [1.165, 1.54) is 0 Å². The van der Waals surface area contributed by atoms with Crippen LogP contribution in [0.25, 0.3) is 10.8 Å². The van der Waals surface area contributed by atoms with Crippen molar-refractivity contribution in [3.8, 4) is 0 Å². The number of hydrogen-bond donors (Lipinski definition) is 3. The molecule has 3 heterocycles. The van der Waals surface area contributed by atoms with Gasteiger partial charge in [-0.3, -0.25) is 14.3 Å². The van der Waals surface area contributed by atoms with Crippen molar-refractivity contribution >= 4 is 28.4 Å². The average molecular weight is 539 g/mol. The number of carbonyl (C=O) groups is 2. The zero-order valence-corrected chi connectivity index (χ0v) is 22.8. The summed E-state index contributed by atoms with van der Waals surface area (Å²) < 4.78 is 1.74. The summed E-state index contributed by atoms with van der Waals surface area (Å²) in [5, 5.41) is 18.7. The number of fused-ring (bicyclic) bond motifs is 2. The van der Waals surface area contributed by atoms with Gasteiger partial charge in [-0.05, 0) is 76.9 Å². The number of likely N-dealkylation sites (tertiary alicyclic amines) is 1. The van der Waals surface area contributed by atoms with E-state index in [2.05, 4.69) is 15.4 Å². The van der Waals surface area contributed by atoms with E-state index in [9.17, 15) is 14.7 Å². The maximum Gasteiger partial charge on any atom is 0.254 e. The maximum absolute atomic E-state index is 12.9. The summed E-state index contributed by atoms with van der Waals surface area (Å²) >= 11 is 0. The standard InChI is InChI=1S/C31H34N6O3/c1-18-9-24-23(7-8-33-30(24)32)19(2)25(18)12-34-31(40)22-11-35-37(14-22)13-21-5-3-20(4-6-21)10-29(39)36-15-26-27(16-36)28(26)17-38/h3-9,11,14,26-28,38H,10,12-13,15-17H2,1-2H3,(H2,32,33)(H,34,40)/t26-,27+,28?. The summed E-state index contributed by atoms with van der Waals surface area (Å²) in [4.78, 5) is 31.7. The second-order valence-electron chi connectivity index (χ2n) is 11.2. The van der Waals surface area contributed by atoms with Gasteiger partial charge in [0.15, 0.2) is 0 Å². The molecule has 2 aromatic carbocycles. The number of nitrogen functional groups attached to an aromatic ring is 1. The highest BCUT2D eigenvalue weighted by Crippen LogP contribution is 2.51. The van der Waals surface area contributed by atoms with Crippen LogP contribution in [0.5, 0.6) is 0 Å². The van der Waals surface area contributed by atoms with E-state index in [0.29, 0.717) is 48.6 Å². The normalized spacial score (nSPS) is 19.6. The number of anilines is 1. The van der Waals surface area contributed by atoms with Crippen LogP contribution in [0.3, 0.4) is 0 Å². The Bertz CT molecular complexity index is 1580. The second kappa shape index (κ2) is 10.4. The molecule has 0 radical (unpaired) electrons. The molecule has 4 N–H and O–H groups in total. The largest absolute Gasteiger partial charge is 0.396 e. The van der Waals surface area contributed by atoms with Crippen molar-refractivity contribution in [3.05, 3.63) is 88.4 Å². The lowest BCUT2D eigenvalue weighted by atomic mass is 9.96. The van der Waals surface area contributed by atoms with Crippen LogP contribution in [0.1, 0.15) is 38.2 Å². The predicted molar refractivity (Wildman–Crippen MR) is 152 cm³/mol. The third-order valence-electron chi connectivity index (χ3n) is 8.69. The highest BCUT2D eigenvalue weighted by atomic mass is 16.3. The van der Waals surface area contributed by atoms with Crippen LogP contribution in [0, 0.1) is 31.6 Å². The molecule has 9 heteroatoms. The molecule has 1 unspecified atom stereocenters. The Kier molecular flexibility index (Phi) is 6.75. The fraction of sp³-hybridized carbons (Fsp3) is 0.355. The Hall–Kier alpha value is -4.24. The first-order valence-corrected chi connectivity index (χ1v) is 13.7. The number of hydrogen-bond acceptors (Lipinski definition) is 6. The third kappa shape index (κ3) is 4.93.